The number of anilines is 2. The number of nitrogens with zero attached hydrogens (tertiary/aromatic N) is 1. The van der Waals surface area contributed by atoms with Gasteiger partial charge in [0.2, 0.25) is 0 Å². The van der Waals surface area contributed by atoms with Gasteiger partial charge in [0.15, 0.2) is 0 Å². The van der Waals surface area contributed by atoms with E-state index in [1.54, 1.807) is 24.3 Å². The highest BCUT2D eigenvalue weighted by atomic mass is 35.5. The highest BCUT2D eigenvalue weighted by molar-refractivity contribution is 6.32. The summed E-state index contributed by atoms with van der Waals surface area (Å²) in [5.74, 6) is -0.266. The lowest BCUT2D eigenvalue weighted by atomic mass is 10.1. The van der Waals surface area contributed by atoms with Crippen LogP contribution in [0.3, 0.4) is 0 Å². The molecule has 1 heterocycles. The number of para-hydroxylation sites is 1. The average Bonchev–Trinajstić information content (AvgIpc) is 2.70. The molecule has 0 bridgehead atoms. The molecule has 2 N–H and O–H groups in total. The third kappa shape index (κ3) is 4.47. The Balaban J connectivity index is 1.75. The van der Waals surface area contributed by atoms with E-state index in [-0.39, 0.29) is 11.6 Å². The van der Waals surface area contributed by atoms with Gasteiger partial charge in [-0.3, -0.25) is 14.6 Å². The van der Waals surface area contributed by atoms with Gasteiger partial charge in [0.25, 0.3) is 11.8 Å². The number of aryl methyl sites for hydroxylation is 1. The predicted molar refractivity (Wildman–Crippen MR) is 109 cm³/mol. The van der Waals surface area contributed by atoms with E-state index in [1.807, 2.05) is 31.2 Å². The van der Waals surface area contributed by atoms with Gasteiger partial charge in [-0.2, -0.15) is 0 Å². The van der Waals surface area contributed by atoms with Crippen molar-refractivity contribution >= 4 is 34.8 Å². The van der Waals surface area contributed by atoms with E-state index in [0.717, 1.165) is 5.56 Å². The summed E-state index contributed by atoms with van der Waals surface area (Å²) in [5.41, 5.74) is 2.59. The molecule has 0 radical (unpaired) electrons. The summed E-state index contributed by atoms with van der Waals surface area (Å²) in [4.78, 5) is 29.0. The standard InChI is InChI=1S/C21H18ClN3O3/c1-13-5-3-4-6-17(13)25-20(26)14-9-10-23-18(11-14)21(27)24-15-7-8-19(28-2)16(22)12-15/h3-12H,1-2H3,(H,24,27)(H,25,26). The normalized spacial score (nSPS) is 10.2. The largest absolute Gasteiger partial charge is 0.495 e. The minimum absolute atomic E-state index is 0.115. The quantitative estimate of drug-likeness (QED) is 0.663. The molecule has 2 aromatic carbocycles. The van der Waals surface area contributed by atoms with E-state index < -0.39 is 5.91 Å². The van der Waals surface area contributed by atoms with Gasteiger partial charge in [-0.15, -0.1) is 0 Å². The van der Waals surface area contributed by atoms with Crippen LogP contribution in [0.1, 0.15) is 26.4 Å². The summed E-state index contributed by atoms with van der Waals surface area (Å²) in [6.45, 7) is 1.90. The predicted octanol–water partition coefficient (Wildman–Crippen LogP) is 4.56. The molecule has 2 amide bonds. The number of hydrogen-bond acceptors (Lipinski definition) is 4. The van der Waals surface area contributed by atoms with Crippen molar-refractivity contribution in [2.75, 3.05) is 17.7 Å². The van der Waals surface area contributed by atoms with Crippen molar-refractivity contribution in [3.63, 3.8) is 0 Å². The van der Waals surface area contributed by atoms with Crippen LogP contribution >= 0.6 is 11.6 Å². The van der Waals surface area contributed by atoms with Crippen LogP contribution in [0.2, 0.25) is 5.02 Å². The smallest absolute Gasteiger partial charge is 0.274 e. The SMILES string of the molecule is COc1ccc(NC(=O)c2cc(C(=O)Nc3ccccc3C)ccn2)cc1Cl. The number of hydrogen-bond donors (Lipinski definition) is 2. The first-order chi connectivity index (χ1) is 13.5. The number of halogens is 1. The van der Waals surface area contributed by atoms with Gasteiger partial charge in [-0.05, 0) is 48.9 Å². The van der Waals surface area contributed by atoms with E-state index >= 15 is 0 Å². The number of nitrogens with one attached hydrogen (secondary N) is 2. The Kier molecular flexibility index (Phi) is 5.91. The molecule has 142 valence electrons. The number of ether oxygens (including phenoxy) is 1. The highest BCUT2D eigenvalue weighted by Gasteiger charge is 2.13. The fraction of sp³-hybridized carbons (Fsp3) is 0.0952. The maximum atomic E-state index is 12.5. The molecule has 7 heteroatoms. The molecule has 0 aliphatic heterocycles. The van der Waals surface area contributed by atoms with Gasteiger partial charge >= 0.3 is 0 Å². The highest BCUT2D eigenvalue weighted by Crippen LogP contribution is 2.27. The molecule has 0 spiro atoms. The van der Waals surface area contributed by atoms with Crippen molar-refractivity contribution in [2.45, 2.75) is 6.92 Å². The summed E-state index contributed by atoms with van der Waals surface area (Å²) in [6, 6.07) is 15.3. The zero-order valence-corrected chi connectivity index (χ0v) is 16.1. The van der Waals surface area contributed by atoms with Gasteiger partial charge in [-0.1, -0.05) is 29.8 Å². The Bertz CT molecular complexity index is 1040. The van der Waals surface area contributed by atoms with Crippen molar-refractivity contribution in [1.82, 2.24) is 4.98 Å². The number of benzene rings is 2. The molecular weight excluding hydrogens is 378 g/mol. The number of methoxy groups -OCH3 is 1. The third-order valence-electron chi connectivity index (χ3n) is 4.06. The molecule has 3 aromatic rings. The molecule has 0 unspecified atom stereocenters. The van der Waals surface area contributed by atoms with Gasteiger partial charge in [0, 0.05) is 23.1 Å². The van der Waals surface area contributed by atoms with E-state index in [4.69, 9.17) is 16.3 Å². The van der Waals surface area contributed by atoms with Crippen LogP contribution < -0.4 is 15.4 Å². The van der Waals surface area contributed by atoms with Crippen LogP contribution in [0.25, 0.3) is 0 Å². The molecular formula is C21H18ClN3O3. The molecule has 0 atom stereocenters. The summed E-state index contributed by atoms with van der Waals surface area (Å²) in [6.07, 6.45) is 1.42. The number of carbonyl (C=O) groups is 2. The van der Waals surface area contributed by atoms with Gasteiger partial charge < -0.3 is 15.4 Å². The molecule has 6 nitrogen and oxygen atoms in total. The van der Waals surface area contributed by atoms with Crippen LogP contribution in [0, 0.1) is 6.92 Å². The summed E-state index contributed by atoms with van der Waals surface area (Å²) < 4.78 is 5.09. The monoisotopic (exact) mass is 395 g/mol. The van der Waals surface area contributed by atoms with E-state index in [2.05, 4.69) is 15.6 Å². The second-order valence-corrected chi connectivity index (χ2v) is 6.41. The third-order valence-corrected chi connectivity index (χ3v) is 4.35. The van der Waals surface area contributed by atoms with Crippen molar-refractivity contribution in [3.8, 4) is 5.75 Å². The van der Waals surface area contributed by atoms with Crippen LogP contribution in [0.4, 0.5) is 11.4 Å². The van der Waals surface area contributed by atoms with E-state index in [0.29, 0.717) is 27.7 Å². The van der Waals surface area contributed by atoms with Crippen LogP contribution in [-0.2, 0) is 0 Å². The number of aromatic nitrogens is 1. The van der Waals surface area contributed by atoms with Crippen molar-refractivity contribution < 1.29 is 14.3 Å². The topological polar surface area (TPSA) is 80.3 Å². The maximum absolute atomic E-state index is 12.5. The Hall–Kier alpha value is -3.38. The van der Waals surface area contributed by atoms with Crippen molar-refractivity contribution in [3.05, 3.63) is 82.6 Å². The lowest BCUT2D eigenvalue weighted by Crippen LogP contribution is -2.17. The molecule has 0 saturated carbocycles. The first-order valence-electron chi connectivity index (χ1n) is 8.46. The van der Waals surface area contributed by atoms with Gasteiger partial charge in [-0.25, -0.2) is 0 Å². The first kappa shape index (κ1) is 19.4. The summed E-state index contributed by atoms with van der Waals surface area (Å²) in [5, 5.41) is 5.91. The van der Waals surface area contributed by atoms with Crippen LogP contribution in [0.5, 0.6) is 5.75 Å². The van der Waals surface area contributed by atoms with Crippen LogP contribution in [0.15, 0.2) is 60.8 Å². The first-order valence-corrected chi connectivity index (χ1v) is 8.83. The fourth-order valence-corrected chi connectivity index (χ4v) is 2.80. The molecule has 0 fully saturated rings. The number of rotatable bonds is 5. The average molecular weight is 396 g/mol. The van der Waals surface area contributed by atoms with Crippen molar-refractivity contribution in [2.24, 2.45) is 0 Å². The molecule has 28 heavy (non-hydrogen) atoms. The minimum atomic E-state index is -0.452. The zero-order chi connectivity index (χ0) is 20.1. The second kappa shape index (κ2) is 8.54. The number of carbonyl (C=O) groups excluding carboxylic acids is 2. The Morgan fingerprint density at radius 2 is 1.79 bits per heavy atom. The lowest BCUT2D eigenvalue weighted by Gasteiger charge is -2.10. The molecule has 3 rings (SSSR count). The maximum Gasteiger partial charge on any atom is 0.274 e. The van der Waals surface area contributed by atoms with E-state index in [1.165, 1.54) is 19.4 Å². The van der Waals surface area contributed by atoms with Gasteiger partial charge in [0.05, 0.1) is 12.1 Å². The second-order valence-electron chi connectivity index (χ2n) is 6.00. The number of amides is 2. The molecule has 0 aliphatic rings. The Labute approximate surface area is 167 Å². The number of pyridine rings is 1. The summed E-state index contributed by atoms with van der Waals surface area (Å²) >= 11 is 6.07. The lowest BCUT2D eigenvalue weighted by molar-refractivity contribution is 0.102. The minimum Gasteiger partial charge on any atom is -0.495 e. The zero-order valence-electron chi connectivity index (χ0n) is 15.3. The summed E-state index contributed by atoms with van der Waals surface area (Å²) in [7, 11) is 1.51. The van der Waals surface area contributed by atoms with Crippen molar-refractivity contribution in [1.29, 1.82) is 0 Å². The molecule has 0 saturated heterocycles. The molecule has 1 aromatic heterocycles. The fourth-order valence-electron chi connectivity index (χ4n) is 2.54. The van der Waals surface area contributed by atoms with Crippen LogP contribution in [-0.4, -0.2) is 23.9 Å². The molecule has 0 aliphatic carbocycles. The van der Waals surface area contributed by atoms with E-state index in [9.17, 15) is 9.59 Å². The Morgan fingerprint density at radius 3 is 2.50 bits per heavy atom. The van der Waals surface area contributed by atoms with Gasteiger partial charge in [0.1, 0.15) is 11.4 Å². The Morgan fingerprint density at radius 1 is 1.00 bits per heavy atom.